The van der Waals surface area contributed by atoms with Gasteiger partial charge in [-0.05, 0) is 29.8 Å². The summed E-state index contributed by atoms with van der Waals surface area (Å²) in [5.41, 5.74) is 0.200. The van der Waals surface area contributed by atoms with Crippen LogP contribution in [-0.2, 0) is 19.9 Å². The van der Waals surface area contributed by atoms with Crippen LogP contribution in [0, 0.1) is 0 Å². The number of rotatable bonds is 7. The van der Waals surface area contributed by atoms with E-state index in [9.17, 15) is 26.3 Å². The van der Waals surface area contributed by atoms with E-state index in [2.05, 4.69) is 4.72 Å². The molecular formula is C16H18FNO5S2. The highest BCUT2D eigenvalue weighted by Crippen LogP contribution is 2.21. The van der Waals surface area contributed by atoms with Gasteiger partial charge in [0.25, 0.3) is 0 Å². The Morgan fingerprint density at radius 2 is 1.52 bits per heavy atom. The summed E-state index contributed by atoms with van der Waals surface area (Å²) < 4.78 is 62.8. The van der Waals surface area contributed by atoms with Crippen molar-refractivity contribution in [2.45, 2.75) is 21.9 Å². The maximum Gasteiger partial charge on any atom is 0.241 e. The first-order valence-corrected chi connectivity index (χ1v) is 10.6. The second kappa shape index (κ2) is 7.61. The minimum Gasteiger partial charge on any atom is -0.387 e. The molecule has 0 saturated heterocycles. The number of hydrogen-bond donors (Lipinski definition) is 2. The first kappa shape index (κ1) is 19.5. The van der Waals surface area contributed by atoms with E-state index in [0.717, 1.165) is 6.26 Å². The van der Waals surface area contributed by atoms with Gasteiger partial charge in [-0.25, -0.2) is 25.9 Å². The van der Waals surface area contributed by atoms with Gasteiger partial charge >= 0.3 is 0 Å². The number of benzene rings is 2. The number of hydrogen-bond acceptors (Lipinski definition) is 5. The van der Waals surface area contributed by atoms with Crippen molar-refractivity contribution in [1.29, 1.82) is 0 Å². The average Bonchev–Trinajstić information content (AvgIpc) is 2.59. The van der Waals surface area contributed by atoms with Crippen LogP contribution in [0.15, 0.2) is 64.4 Å². The van der Waals surface area contributed by atoms with Crippen LogP contribution in [-0.4, -0.2) is 40.9 Å². The summed E-state index contributed by atoms with van der Waals surface area (Å²) in [6.07, 6.45) is -0.436. The normalized spacial score (nSPS) is 14.8. The first-order valence-electron chi connectivity index (χ1n) is 7.26. The topological polar surface area (TPSA) is 101 Å². The lowest BCUT2D eigenvalue weighted by atomic mass is 10.0. The average molecular weight is 387 g/mol. The van der Waals surface area contributed by atoms with E-state index in [0.29, 0.717) is 0 Å². The van der Waals surface area contributed by atoms with Crippen LogP contribution >= 0.6 is 0 Å². The van der Waals surface area contributed by atoms with Gasteiger partial charge in [0.2, 0.25) is 10.0 Å². The highest BCUT2D eigenvalue weighted by Gasteiger charge is 2.27. The molecule has 9 heteroatoms. The monoisotopic (exact) mass is 387 g/mol. The zero-order chi connectivity index (χ0) is 18.7. The molecule has 0 aromatic heterocycles. The Balaban J connectivity index is 2.23. The van der Waals surface area contributed by atoms with Gasteiger partial charge in [0.15, 0.2) is 9.84 Å². The molecule has 0 aliphatic heterocycles. The smallest absolute Gasteiger partial charge is 0.241 e. The molecule has 136 valence electrons. The van der Waals surface area contributed by atoms with E-state index in [1.165, 1.54) is 48.5 Å². The number of aliphatic hydroxyl groups excluding tert-OH is 1. The van der Waals surface area contributed by atoms with Gasteiger partial charge in [-0.15, -0.1) is 0 Å². The Morgan fingerprint density at radius 3 is 2.00 bits per heavy atom. The molecule has 2 aromatic rings. The van der Waals surface area contributed by atoms with E-state index in [4.69, 9.17) is 0 Å². The van der Waals surface area contributed by atoms with Gasteiger partial charge in [0, 0.05) is 6.26 Å². The Kier molecular flexibility index (Phi) is 5.94. The largest absolute Gasteiger partial charge is 0.387 e. The number of sulfone groups is 1. The predicted molar refractivity (Wildman–Crippen MR) is 91.0 cm³/mol. The molecule has 0 spiro atoms. The molecule has 0 aliphatic rings. The highest BCUT2D eigenvalue weighted by atomic mass is 32.2. The molecule has 2 aromatic carbocycles. The van der Waals surface area contributed by atoms with Crippen LogP contribution in [0.3, 0.4) is 0 Å². The van der Waals surface area contributed by atoms with Gasteiger partial charge in [-0.1, -0.05) is 30.3 Å². The van der Waals surface area contributed by atoms with Crippen LogP contribution in [0.5, 0.6) is 0 Å². The summed E-state index contributed by atoms with van der Waals surface area (Å²) in [6, 6.07) is 11.2. The van der Waals surface area contributed by atoms with Crippen molar-refractivity contribution in [2.75, 3.05) is 12.9 Å². The summed E-state index contributed by atoms with van der Waals surface area (Å²) in [6.45, 7) is -1.14. The lowest BCUT2D eigenvalue weighted by molar-refractivity contribution is 0.124. The summed E-state index contributed by atoms with van der Waals surface area (Å²) in [5.74, 6) is 0. The highest BCUT2D eigenvalue weighted by molar-refractivity contribution is 7.90. The number of aliphatic hydroxyl groups is 1. The van der Waals surface area contributed by atoms with Crippen LogP contribution in [0.4, 0.5) is 4.39 Å². The standard InChI is InChI=1S/C16H18FNO5S2/c1-24(20,21)13-9-7-12(8-10-13)16(19)15(11-17)18-25(22,23)14-5-3-2-4-6-14/h2-10,15-16,18-19H,11H2,1H3/t15-,16-/m1/s1. The fourth-order valence-electron chi connectivity index (χ4n) is 2.19. The van der Waals surface area contributed by atoms with Crippen molar-refractivity contribution in [3.63, 3.8) is 0 Å². The Hall–Kier alpha value is -1.81. The Labute approximate surface area is 146 Å². The van der Waals surface area contributed by atoms with Crippen LogP contribution < -0.4 is 4.72 Å². The van der Waals surface area contributed by atoms with Crippen molar-refractivity contribution in [3.8, 4) is 0 Å². The van der Waals surface area contributed by atoms with E-state index in [-0.39, 0.29) is 15.4 Å². The number of halogens is 1. The number of alkyl halides is 1. The summed E-state index contributed by atoms with van der Waals surface area (Å²) >= 11 is 0. The molecular weight excluding hydrogens is 369 g/mol. The molecule has 0 heterocycles. The van der Waals surface area contributed by atoms with E-state index >= 15 is 0 Å². The van der Waals surface area contributed by atoms with Crippen molar-refractivity contribution < 1.29 is 26.3 Å². The Bertz CT molecular complexity index is 913. The third-order valence-corrected chi connectivity index (χ3v) is 6.19. The van der Waals surface area contributed by atoms with Crippen molar-refractivity contribution >= 4 is 19.9 Å². The maximum atomic E-state index is 13.3. The number of nitrogens with one attached hydrogen (secondary N) is 1. The third-order valence-electron chi connectivity index (χ3n) is 3.56. The van der Waals surface area contributed by atoms with Gasteiger partial charge < -0.3 is 5.11 Å². The lowest BCUT2D eigenvalue weighted by Gasteiger charge is -2.22. The summed E-state index contributed by atoms with van der Waals surface area (Å²) in [5, 5.41) is 10.3. The maximum absolute atomic E-state index is 13.3. The zero-order valence-corrected chi connectivity index (χ0v) is 15.0. The van der Waals surface area contributed by atoms with E-state index < -0.39 is 38.7 Å². The second-order valence-corrected chi connectivity index (χ2v) is 9.21. The molecule has 2 rings (SSSR count). The van der Waals surface area contributed by atoms with Gasteiger partial charge in [0.1, 0.15) is 6.67 Å². The lowest BCUT2D eigenvalue weighted by Crippen LogP contribution is -2.40. The molecule has 0 aliphatic carbocycles. The minimum atomic E-state index is -4.00. The predicted octanol–water partition coefficient (Wildman–Crippen LogP) is 1.44. The van der Waals surface area contributed by atoms with Crippen molar-refractivity contribution in [2.24, 2.45) is 0 Å². The zero-order valence-electron chi connectivity index (χ0n) is 13.3. The van der Waals surface area contributed by atoms with Crippen LogP contribution in [0.1, 0.15) is 11.7 Å². The molecule has 0 saturated carbocycles. The Morgan fingerprint density at radius 1 is 0.960 bits per heavy atom. The molecule has 0 radical (unpaired) electrons. The van der Waals surface area contributed by atoms with E-state index in [1.807, 2.05) is 0 Å². The molecule has 6 nitrogen and oxygen atoms in total. The third kappa shape index (κ3) is 4.85. The van der Waals surface area contributed by atoms with Crippen molar-refractivity contribution in [1.82, 2.24) is 4.72 Å². The second-order valence-electron chi connectivity index (χ2n) is 5.48. The molecule has 0 bridgehead atoms. The van der Waals surface area contributed by atoms with Gasteiger partial charge in [-0.2, -0.15) is 0 Å². The van der Waals surface area contributed by atoms with Crippen LogP contribution in [0.2, 0.25) is 0 Å². The molecule has 0 amide bonds. The molecule has 2 N–H and O–H groups in total. The summed E-state index contributed by atoms with van der Waals surface area (Å²) in [4.78, 5) is -0.00168. The number of sulfonamides is 1. The molecule has 2 atom stereocenters. The van der Waals surface area contributed by atoms with Gasteiger partial charge in [0.05, 0.1) is 21.9 Å². The molecule has 25 heavy (non-hydrogen) atoms. The van der Waals surface area contributed by atoms with E-state index in [1.54, 1.807) is 6.07 Å². The fourth-order valence-corrected chi connectivity index (χ4v) is 4.06. The van der Waals surface area contributed by atoms with Gasteiger partial charge in [-0.3, -0.25) is 0 Å². The SMILES string of the molecule is CS(=O)(=O)c1ccc([C@@H](O)[C@@H](CF)NS(=O)(=O)c2ccccc2)cc1. The molecule has 0 fully saturated rings. The fraction of sp³-hybridized carbons (Fsp3) is 0.250. The minimum absolute atomic E-state index is 0.0464. The van der Waals surface area contributed by atoms with Crippen molar-refractivity contribution in [3.05, 3.63) is 60.2 Å². The quantitative estimate of drug-likeness (QED) is 0.749. The molecule has 0 unspecified atom stereocenters. The summed E-state index contributed by atoms with van der Waals surface area (Å²) in [7, 11) is -7.41. The van der Waals surface area contributed by atoms with Crippen LogP contribution in [0.25, 0.3) is 0 Å². The first-order chi connectivity index (χ1) is 11.6.